The highest BCUT2D eigenvalue weighted by Crippen LogP contribution is 2.27. The van der Waals surface area contributed by atoms with Gasteiger partial charge in [-0.3, -0.25) is 10.2 Å². The van der Waals surface area contributed by atoms with Crippen molar-refractivity contribution in [3.05, 3.63) is 23.8 Å². The Kier molecular flexibility index (Phi) is 7.92. The fraction of sp³-hybridized carbons (Fsp3) is 0.529. The van der Waals surface area contributed by atoms with Crippen LogP contribution in [-0.4, -0.2) is 82.5 Å². The van der Waals surface area contributed by atoms with E-state index < -0.39 is 36.2 Å². The van der Waals surface area contributed by atoms with E-state index in [1.807, 2.05) is 12.1 Å². The van der Waals surface area contributed by atoms with Crippen LogP contribution in [0.25, 0.3) is 0 Å². The molecule has 1 aromatic rings. The molecule has 0 bridgehead atoms. The Morgan fingerprint density at radius 1 is 1.07 bits per heavy atom. The third-order valence-electron chi connectivity index (χ3n) is 4.45. The van der Waals surface area contributed by atoms with Gasteiger partial charge in [0.25, 0.3) is 0 Å². The van der Waals surface area contributed by atoms with Gasteiger partial charge < -0.3 is 35.2 Å². The smallest absolute Gasteiger partial charge is 0.185 e. The largest absolute Gasteiger partial charge is 0.493 e. The van der Waals surface area contributed by atoms with E-state index in [0.717, 1.165) is 5.56 Å². The molecule has 1 fully saturated rings. The summed E-state index contributed by atoms with van der Waals surface area (Å²) in [5, 5.41) is 41.7. The summed E-state index contributed by atoms with van der Waals surface area (Å²) in [6, 6.07) is 4.20. The molecule has 156 valence electrons. The third-order valence-corrected chi connectivity index (χ3v) is 4.70. The molecule has 2 rings (SSSR count). The van der Waals surface area contributed by atoms with Gasteiger partial charge in [-0.25, -0.2) is 5.43 Å². The molecule has 0 aliphatic heterocycles. The van der Waals surface area contributed by atoms with Gasteiger partial charge in [-0.1, -0.05) is 6.07 Å². The molecule has 0 aromatic heterocycles. The molecule has 0 radical (unpaired) electrons. The molecule has 1 unspecified atom stereocenters. The Morgan fingerprint density at radius 3 is 2.39 bits per heavy atom. The lowest BCUT2D eigenvalue weighted by atomic mass is 9.85. The standard InChI is InChI=1S/C17H25N3O7S/c1-26-9-4-3-8(7-10(9)27-2)5-6-18-17(28)20-19-11-12(21)14(23)16(25)15(24)13(11)22/h3-4,7,11-12,14-16,19,21,23-25H,5-6H2,1-2H3,(H2,18,20,28)/t11?,12-,14+,15+,16-/m0/s1. The number of aliphatic hydroxyl groups is 4. The predicted molar refractivity (Wildman–Crippen MR) is 103 cm³/mol. The molecule has 0 spiro atoms. The molecule has 1 saturated carbocycles. The first-order chi connectivity index (χ1) is 13.3. The number of thiocarbonyl (C=S) groups is 1. The maximum absolute atomic E-state index is 11.9. The average molecular weight is 415 g/mol. The van der Waals surface area contributed by atoms with Crippen molar-refractivity contribution in [3.8, 4) is 11.5 Å². The maximum Gasteiger partial charge on any atom is 0.185 e. The highest BCUT2D eigenvalue weighted by molar-refractivity contribution is 7.80. The number of aliphatic hydroxyl groups excluding tert-OH is 4. The molecule has 7 N–H and O–H groups in total. The molecular formula is C17H25N3O7S. The molecule has 0 saturated heterocycles. The summed E-state index contributed by atoms with van der Waals surface area (Å²) in [4.78, 5) is 11.9. The number of hydrazine groups is 1. The second-order valence-electron chi connectivity index (χ2n) is 6.26. The van der Waals surface area contributed by atoms with Crippen LogP contribution in [-0.2, 0) is 11.2 Å². The van der Waals surface area contributed by atoms with E-state index in [-0.39, 0.29) is 5.11 Å². The van der Waals surface area contributed by atoms with Crippen molar-refractivity contribution >= 4 is 23.1 Å². The van der Waals surface area contributed by atoms with Crippen molar-refractivity contribution in [1.29, 1.82) is 0 Å². The van der Waals surface area contributed by atoms with Crippen LogP contribution in [0.3, 0.4) is 0 Å². The van der Waals surface area contributed by atoms with E-state index in [2.05, 4.69) is 16.2 Å². The Morgan fingerprint density at radius 2 is 1.75 bits per heavy atom. The molecule has 0 amide bonds. The molecule has 10 nitrogen and oxygen atoms in total. The molecule has 1 aliphatic carbocycles. The summed E-state index contributed by atoms with van der Waals surface area (Å²) >= 11 is 5.09. The van der Waals surface area contributed by atoms with Gasteiger partial charge in [-0.05, 0) is 36.3 Å². The highest BCUT2D eigenvalue weighted by Gasteiger charge is 2.48. The minimum Gasteiger partial charge on any atom is -0.493 e. The molecule has 28 heavy (non-hydrogen) atoms. The van der Waals surface area contributed by atoms with Crippen molar-refractivity contribution in [1.82, 2.24) is 16.2 Å². The number of Topliss-reactive ketones (excluding diaryl/α,β-unsaturated/α-hetero) is 1. The van der Waals surface area contributed by atoms with Gasteiger partial charge in [0.2, 0.25) is 0 Å². The van der Waals surface area contributed by atoms with Crippen LogP contribution in [0.2, 0.25) is 0 Å². The van der Waals surface area contributed by atoms with Crippen LogP contribution in [0.1, 0.15) is 5.56 Å². The van der Waals surface area contributed by atoms with Crippen LogP contribution in [0.4, 0.5) is 0 Å². The van der Waals surface area contributed by atoms with E-state index in [1.54, 1.807) is 20.3 Å². The first-order valence-corrected chi connectivity index (χ1v) is 8.97. The first-order valence-electron chi connectivity index (χ1n) is 8.56. The molecule has 11 heteroatoms. The van der Waals surface area contributed by atoms with Crippen molar-refractivity contribution in [3.63, 3.8) is 0 Å². The Bertz CT molecular complexity index is 705. The SMILES string of the molecule is COc1ccc(CCNC(=S)NNC2C(=O)[C@@H](O)[C@@H](O)[C@H](O)[C@H]2O)cc1OC. The Balaban J connectivity index is 1.81. The molecule has 5 atom stereocenters. The minimum absolute atomic E-state index is 0.149. The molecular weight excluding hydrogens is 390 g/mol. The van der Waals surface area contributed by atoms with Gasteiger partial charge in [-0.2, -0.15) is 0 Å². The van der Waals surface area contributed by atoms with Gasteiger partial charge in [0, 0.05) is 6.54 Å². The Labute approximate surface area is 167 Å². The van der Waals surface area contributed by atoms with Gasteiger partial charge in [0.05, 0.1) is 14.2 Å². The van der Waals surface area contributed by atoms with Gasteiger partial charge >= 0.3 is 0 Å². The Hall–Kier alpha value is -2.02. The fourth-order valence-corrected chi connectivity index (χ4v) is 2.97. The van der Waals surface area contributed by atoms with E-state index in [0.29, 0.717) is 24.5 Å². The van der Waals surface area contributed by atoms with Crippen molar-refractivity contribution in [2.75, 3.05) is 20.8 Å². The van der Waals surface area contributed by atoms with Gasteiger partial charge in [0.1, 0.15) is 30.5 Å². The number of carbonyl (C=O) groups excluding carboxylic acids is 1. The van der Waals surface area contributed by atoms with Gasteiger partial charge in [-0.15, -0.1) is 0 Å². The number of ketones is 1. The number of benzene rings is 1. The second-order valence-corrected chi connectivity index (χ2v) is 6.67. The molecule has 1 aromatic carbocycles. The third kappa shape index (κ3) is 5.07. The van der Waals surface area contributed by atoms with E-state index in [1.165, 1.54) is 0 Å². The number of methoxy groups -OCH3 is 2. The van der Waals surface area contributed by atoms with Crippen LogP contribution in [0.5, 0.6) is 11.5 Å². The zero-order valence-corrected chi connectivity index (χ0v) is 16.3. The number of nitrogens with one attached hydrogen (secondary N) is 3. The summed E-state index contributed by atoms with van der Waals surface area (Å²) in [6.07, 6.45) is -6.19. The number of hydrogen-bond acceptors (Lipinski definition) is 9. The van der Waals surface area contributed by atoms with E-state index in [9.17, 15) is 25.2 Å². The summed E-state index contributed by atoms with van der Waals surface area (Å²) in [5.41, 5.74) is 5.99. The van der Waals surface area contributed by atoms with Gasteiger partial charge in [0.15, 0.2) is 22.4 Å². The fourth-order valence-electron chi connectivity index (χ4n) is 2.81. The lowest BCUT2D eigenvalue weighted by Gasteiger charge is -2.37. The van der Waals surface area contributed by atoms with E-state index >= 15 is 0 Å². The molecule has 1 aliphatic rings. The van der Waals surface area contributed by atoms with Crippen molar-refractivity contribution < 1.29 is 34.7 Å². The number of hydrogen-bond donors (Lipinski definition) is 7. The number of carbonyl (C=O) groups is 1. The minimum atomic E-state index is -1.80. The lowest BCUT2D eigenvalue weighted by Crippen LogP contribution is -2.68. The lowest BCUT2D eigenvalue weighted by molar-refractivity contribution is -0.169. The van der Waals surface area contributed by atoms with Crippen LogP contribution >= 0.6 is 12.2 Å². The second kappa shape index (κ2) is 9.96. The zero-order valence-electron chi connectivity index (χ0n) is 15.5. The van der Waals surface area contributed by atoms with Crippen LogP contribution < -0.4 is 25.6 Å². The zero-order chi connectivity index (χ0) is 20.8. The molecule has 0 heterocycles. The van der Waals surface area contributed by atoms with Crippen molar-refractivity contribution in [2.24, 2.45) is 0 Å². The quantitative estimate of drug-likeness (QED) is 0.189. The topological polar surface area (TPSA) is 153 Å². The highest BCUT2D eigenvalue weighted by atomic mass is 32.1. The first kappa shape index (κ1) is 22.3. The number of ether oxygens (including phenoxy) is 2. The summed E-state index contributed by atoms with van der Waals surface area (Å²) in [7, 11) is 3.11. The van der Waals surface area contributed by atoms with Crippen molar-refractivity contribution in [2.45, 2.75) is 36.9 Å². The summed E-state index contributed by atoms with van der Waals surface area (Å²) in [6.45, 7) is 0.466. The number of rotatable bonds is 7. The predicted octanol–water partition coefficient (Wildman–Crippen LogP) is -2.39. The summed E-state index contributed by atoms with van der Waals surface area (Å²) in [5.74, 6) is 0.392. The monoisotopic (exact) mass is 415 g/mol. The van der Waals surface area contributed by atoms with E-state index in [4.69, 9.17) is 21.7 Å². The van der Waals surface area contributed by atoms with Crippen LogP contribution in [0.15, 0.2) is 18.2 Å². The summed E-state index contributed by atoms with van der Waals surface area (Å²) < 4.78 is 10.4. The maximum atomic E-state index is 11.9. The normalized spacial score (nSPS) is 27.2. The van der Waals surface area contributed by atoms with Crippen LogP contribution in [0, 0.1) is 0 Å². The average Bonchev–Trinajstić information content (AvgIpc) is 2.70.